The Hall–Kier alpha value is -2.87. The number of aromatic nitrogens is 2. The molecule has 1 aromatic heterocycles. The van der Waals surface area contributed by atoms with E-state index in [2.05, 4.69) is 10.4 Å². The molecule has 0 atom stereocenters. The maximum Gasteiger partial charge on any atom is 0.270 e. The number of benzene rings is 1. The van der Waals surface area contributed by atoms with Gasteiger partial charge in [-0.3, -0.25) is 9.59 Å². The molecule has 0 aliphatic heterocycles. The lowest BCUT2D eigenvalue weighted by Gasteiger charge is -2.12. The number of carbonyl (C=O) groups excluding carboxylic acids is 1. The van der Waals surface area contributed by atoms with Crippen molar-refractivity contribution >= 4 is 5.91 Å². The van der Waals surface area contributed by atoms with Gasteiger partial charge >= 0.3 is 0 Å². The van der Waals surface area contributed by atoms with Crippen molar-refractivity contribution in [2.75, 3.05) is 34.0 Å². The van der Waals surface area contributed by atoms with Crippen LogP contribution in [0.5, 0.6) is 11.5 Å². The molecule has 1 aromatic carbocycles. The summed E-state index contributed by atoms with van der Waals surface area (Å²) >= 11 is 0. The van der Waals surface area contributed by atoms with E-state index in [9.17, 15) is 9.59 Å². The van der Waals surface area contributed by atoms with Crippen molar-refractivity contribution in [2.45, 2.75) is 32.7 Å². The Kier molecular flexibility index (Phi) is 9.17. The van der Waals surface area contributed by atoms with Gasteiger partial charge in [0.15, 0.2) is 5.75 Å². The van der Waals surface area contributed by atoms with Crippen LogP contribution in [0.1, 0.15) is 26.2 Å². The van der Waals surface area contributed by atoms with Crippen LogP contribution in [0.3, 0.4) is 0 Å². The van der Waals surface area contributed by atoms with E-state index in [4.69, 9.17) is 14.2 Å². The molecule has 0 fully saturated rings. The minimum atomic E-state index is -0.267. The number of hydrogen-bond acceptors (Lipinski definition) is 6. The van der Waals surface area contributed by atoms with Gasteiger partial charge in [0.1, 0.15) is 11.4 Å². The number of carbonyl (C=O) groups is 1. The molecule has 1 heterocycles. The Morgan fingerprint density at radius 2 is 1.90 bits per heavy atom. The van der Waals surface area contributed by atoms with Crippen LogP contribution in [0, 0.1) is 0 Å². The molecule has 8 nitrogen and oxygen atoms in total. The van der Waals surface area contributed by atoms with Gasteiger partial charge in [0.25, 0.3) is 5.56 Å². The van der Waals surface area contributed by atoms with Gasteiger partial charge in [-0.05, 0) is 44.0 Å². The Labute approximate surface area is 170 Å². The highest BCUT2D eigenvalue weighted by Gasteiger charge is 2.12. The minimum Gasteiger partial charge on any atom is -0.497 e. The Morgan fingerprint density at radius 3 is 2.55 bits per heavy atom. The van der Waals surface area contributed by atoms with Crippen LogP contribution >= 0.6 is 0 Å². The molecule has 0 aliphatic rings. The molecule has 0 aliphatic carbocycles. The number of nitrogens with zero attached hydrogens (tertiary/aromatic N) is 2. The minimum absolute atomic E-state index is 0.0431. The van der Waals surface area contributed by atoms with Crippen LogP contribution in [0.25, 0.3) is 11.3 Å². The van der Waals surface area contributed by atoms with Crippen molar-refractivity contribution in [1.82, 2.24) is 15.1 Å². The first-order valence-electron chi connectivity index (χ1n) is 9.74. The molecule has 8 heteroatoms. The molecule has 0 unspecified atom stereocenters. The van der Waals surface area contributed by atoms with Crippen molar-refractivity contribution in [3.63, 3.8) is 0 Å². The fourth-order valence-electron chi connectivity index (χ4n) is 2.76. The molecule has 2 aromatic rings. The van der Waals surface area contributed by atoms with Gasteiger partial charge in [0, 0.05) is 44.4 Å². The maximum atomic E-state index is 12.3. The van der Waals surface area contributed by atoms with Crippen LogP contribution in [0.2, 0.25) is 0 Å². The number of ether oxygens (including phenoxy) is 3. The molecule has 158 valence electrons. The molecule has 1 N–H and O–H groups in total. The largest absolute Gasteiger partial charge is 0.497 e. The second-order valence-electron chi connectivity index (χ2n) is 6.36. The lowest BCUT2D eigenvalue weighted by Crippen LogP contribution is -2.27. The Bertz CT molecular complexity index is 833. The second-order valence-corrected chi connectivity index (χ2v) is 6.36. The Balaban J connectivity index is 1.98. The zero-order valence-corrected chi connectivity index (χ0v) is 17.3. The lowest BCUT2D eigenvalue weighted by atomic mass is 10.1. The lowest BCUT2D eigenvalue weighted by molar-refractivity contribution is -0.121. The fraction of sp³-hybridized carbons (Fsp3) is 0.476. The molecule has 1 amide bonds. The highest BCUT2D eigenvalue weighted by atomic mass is 16.5. The van der Waals surface area contributed by atoms with Crippen LogP contribution in [-0.2, 0) is 16.1 Å². The van der Waals surface area contributed by atoms with Crippen LogP contribution in [-0.4, -0.2) is 49.7 Å². The third-order valence-corrected chi connectivity index (χ3v) is 4.31. The summed E-state index contributed by atoms with van der Waals surface area (Å²) < 4.78 is 17.1. The normalized spacial score (nSPS) is 10.6. The molecule has 0 spiro atoms. The maximum absolute atomic E-state index is 12.3. The Morgan fingerprint density at radius 1 is 1.14 bits per heavy atom. The number of nitrogens with one attached hydrogen (secondary N) is 1. The molecular weight excluding hydrogens is 374 g/mol. The van der Waals surface area contributed by atoms with Crippen molar-refractivity contribution in [1.29, 1.82) is 0 Å². The summed E-state index contributed by atoms with van der Waals surface area (Å²) in [6.07, 6.45) is 1.62. The smallest absolute Gasteiger partial charge is 0.270 e. The second kappa shape index (κ2) is 11.9. The topological polar surface area (TPSA) is 91.7 Å². The standard InChI is InChI=1S/C21H29N3O5/c1-4-29-14-6-12-22-19(25)7-5-13-24-20(26)15-18(28-3)21(23-24)16-8-10-17(27-2)11-9-16/h8-11,15H,4-7,12-14H2,1-3H3,(H,22,25). The number of rotatable bonds is 12. The van der Waals surface area contributed by atoms with Crippen molar-refractivity contribution in [3.05, 3.63) is 40.7 Å². The van der Waals surface area contributed by atoms with Gasteiger partial charge in [-0.2, -0.15) is 5.10 Å². The third kappa shape index (κ3) is 6.90. The third-order valence-electron chi connectivity index (χ3n) is 4.31. The zero-order chi connectivity index (χ0) is 21.1. The number of aryl methyl sites for hydroxylation is 1. The predicted octanol–water partition coefficient (Wildman–Crippen LogP) is 2.25. The first-order valence-corrected chi connectivity index (χ1v) is 9.74. The molecule has 29 heavy (non-hydrogen) atoms. The predicted molar refractivity (Wildman–Crippen MR) is 110 cm³/mol. The summed E-state index contributed by atoms with van der Waals surface area (Å²) in [5.41, 5.74) is 1.11. The first-order chi connectivity index (χ1) is 14.1. The van der Waals surface area contributed by atoms with Crippen molar-refractivity contribution in [3.8, 4) is 22.8 Å². The van der Waals surface area contributed by atoms with Gasteiger partial charge in [0.05, 0.1) is 14.2 Å². The molecule has 0 saturated heterocycles. The molecule has 0 radical (unpaired) electrons. The monoisotopic (exact) mass is 403 g/mol. The van der Waals surface area contributed by atoms with E-state index in [0.29, 0.717) is 50.6 Å². The summed E-state index contributed by atoms with van der Waals surface area (Å²) in [6, 6.07) is 8.77. The molecular formula is C21H29N3O5. The van der Waals surface area contributed by atoms with E-state index in [1.54, 1.807) is 7.11 Å². The van der Waals surface area contributed by atoms with Gasteiger partial charge in [-0.1, -0.05) is 0 Å². The quantitative estimate of drug-likeness (QED) is 0.547. The highest BCUT2D eigenvalue weighted by molar-refractivity contribution is 5.75. The van der Waals surface area contributed by atoms with Crippen LogP contribution < -0.4 is 20.3 Å². The summed E-state index contributed by atoms with van der Waals surface area (Å²) in [5.74, 6) is 1.09. The average Bonchev–Trinajstić information content (AvgIpc) is 2.74. The van der Waals surface area contributed by atoms with Crippen molar-refractivity contribution in [2.24, 2.45) is 0 Å². The van der Waals surface area contributed by atoms with E-state index in [1.807, 2.05) is 31.2 Å². The van der Waals surface area contributed by atoms with Gasteiger partial charge in [0.2, 0.25) is 5.91 Å². The summed E-state index contributed by atoms with van der Waals surface area (Å²) in [7, 11) is 3.10. The van der Waals surface area contributed by atoms with E-state index in [-0.39, 0.29) is 11.5 Å². The van der Waals surface area contributed by atoms with E-state index in [0.717, 1.165) is 17.7 Å². The average molecular weight is 403 g/mol. The van der Waals surface area contributed by atoms with Gasteiger partial charge in [-0.25, -0.2) is 4.68 Å². The SMILES string of the molecule is CCOCCCNC(=O)CCCn1nc(-c2ccc(OC)cc2)c(OC)cc1=O. The summed E-state index contributed by atoms with van der Waals surface area (Å²) in [5, 5.41) is 7.30. The van der Waals surface area contributed by atoms with E-state index < -0.39 is 0 Å². The van der Waals surface area contributed by atoms with Gasteiger partial charge < -0.3 is 19.5 Å². The number of hydrogen-bond donors (Lipinski definition) is 1. The van der Waals surface area contributed by atoms with Crippen LogP contribution in [0.4, 0.5) is 0 Å². The molecule has 2 rings (SSSR count). The van der Waals surface area contributed by atoms with E-state index in [1.165, 1.54) is 17.9 Å². The van der Waals surface area contributed by atoms with E-state index >= 15 is 0 Å². The highest BCUT2D eigenvalue weighted by Crippen LogP contribution is 2.27. The number of amides is 1. The fourth-order valence-corrected chi connectivity index (χ4v) is 2.76. The molecule has 0 saturated carbocycles. The first kappa shape index (κ1) is 22.4. The van der Waals surface area contributed by atoms with Gasteiger partial charge in [-0.15, -0.1) is 0 Å². The molecule has 0 bridgehead atoms. The summed E-state index contributed by atoms with van der Waals surface area (Å²) in [4.78, 5) is 24.2. The summed E-state index contributed by atoms with van der Waals surface area (Å²) in [6.45, 7) is 4.18. The van der Waals surface area contributed by atoms with Crippen LogP contribution in [0.15, 0.2) is 35.1 Å². The zero-order valence-electron chi connectivity index (χ0n) is 17.3. The number of methoxy groups -OCH3 is 2. The van der Waals surface area contributed by atoms with Crippen molar-refractivity contribution < 1.29 is 19.0 Å².